The molecule has 222 valence electrons. The maximum atomic E-state index is 6.39. The van der Waals surface area contributed by atoms with Crippen molar-refractivity contribution in [3.05, 3.63) is 157 Å². The number of aromatic nitrogens is 1. The summed E-state index contributed by atoms with van der Waals surface area (Å²) >= 11 is 0. The van der Waals surface area contributed by atoms with Crippen LogP contribution in [0.1, 0.15) is 24.1 Å². The molecule has 5 aromatic carbocycles. The second-order valence-corrected chi connectivity index (χ2v) is 11.7. The minimum atomic E-state index is 0.861. The van der Waals surface area contributed by atoms with Gasteiger partial charge in [0.2, 0.25) is 0 Å². The molecule has 3 heterocycles. The minimum Gasteiger partial charge on any atom is -0.461 e. The summed E-state index contributed by atoms with van der Waals surface area (Å²) in [5.41, 5.74) is 12.0. The topological polar surface area (TPSA) is 31.2 Å². The Labute approximate surface area is 268 Å². The zero-order chi connectivity index (χ0) is 31.2. The molecular weight excluding hydrogens is 562 g/mol. The second-order valence-electron chi connectivity index (χ2n) is 11.7. The average Bonchev–Trinajstić information content (AvgIpc) is 3.73. The fourth-order valence-corrected chi connectivity index (χ4v) is 6.71. The first-order chi connectivity index (χ1) is 22.6. The maximum absolute atomic E-state index is 6.39. The van der Waals surface area contributed by atoms with Crippen molar-refractivity contribution in [1.29, 1.82) is 0 Å². The predicted molar refractivity (Wildman–Crippen MR) is 192 cm³/mol. The van der Waals surface area contributed by atoms with Gasteiger partial charge in [-0.25, -0.2) is 0 Å². The van der Waals surface area contributed by atoms with Crippen molar-refractivity contribution in [2.24, 2.45) is 0 Å². The first-order valence-corrected chi connectivity index (χ1v) is 15.7. The monoisotopic (exact) mass is 595 g/mol. The van der Waals surface area contributed by atoms with Crippen molar-refractivity contribution in [3.63, 3.8) is 0 Å². The van der Waals surface area contributed by atoms with Crippen molar-refractivity contribution < 1.29 is 8.83 Å². The highest BCUT2D eigenvalue weighted by molar-refractivity contribution is 6.07. The van der Waals surface area contributed by atoms with Gasteiger partial charge in [-0.15, -0.1) is 0 Å². The summed E-state index contributed by atoms with van der Waals surface area (Å²) in [5.74, 6) is 1.75. The average molecular weight is 596 g/mol. The summed E-state index contributed by atoms with van der Waals surface area (Å²) in [6.45, 7) is 6.13. The lowest BCUT2D eigenvalue weighted by Crippen LogP contribution is -1.96. The van der Waals surface area contributed by atoms with Gasteiger partial charge in [0.05, 0.1) is 5.52 Å². The van der Waals surface area contributed by atoms with Gasteiger partial charge in [0.15, 0.2) is 0 Å². The Kier molecular flexibility index (Phi) is 6.80. The highest BCUT2D eigenvalue weighted by Crippen LogP contribution is 2.43. The number of benzene rings is 5. The third-order valence-electron chi connectivity index (χ3n) is 8.85. The molecular formula is C43H33NO2. The van der Waals surface area contributed by atoms with Crippen LogP contribution in [0.4, 0.5) is 0 Å². The van der Waals surface area contributed by atoms with Gasteiger partial charge < -0.3 is 13.4 Å². The Morgan fingerprint density at radius 1 is 0.543 bits per heavy atom. The minimum absolute atomic E-state index is 0.861. The molecule has 3 nitrogen and oxygen atoms in total. The van der Waals surface area contributed by atoms with Gasteiger partial charge in [0.1, 0.15) is 22.7 Å². The molecule has 0 aliphatic carbocycles. The number of allylic oxidation sites excluding steroid dienone is 3. The molecule has 0 unspecified atom stereocenters. The number of para-hydroxylation sites is 1. The lowest BCUT2D eigenvalue weighted by molar-refractivity contribution is 0.574. The van der Waals surface area contributed by atoms with E-state index < -0.39 is 0 Å². The smallest absolute Gasteiger partial charge is 0.135 e. The Hall–Kier alpha value is -5.80. The molecule has 0 radical (unpaired) electrons. The third kappa shape index (κ3) is 4.69. The Balaban J connectivity index is 1.27. The summed E-state index contributed by atoms with van der Waals surface area (Å²) in [6.07, 6.45) is 8.35. The molecule has 8 aromatic rings. The van der Waals surface area contributed by atoms with Gasteiger partial charge in [0.25, 0.3) is 0 Å². The summed E-state index contributed by atoms with van der Waals surface area (Å²) in [5, 5.41) is 3.35. The lowest BCUT2D eigenvalue weighted by Gasteiger charge is -2.10. The van der Waals surface area contributed by atoms with Gasteiger partial charge >= 0.3 is 0 Å². The van der Waals surface area contributed by atoms with Crippen LogP contribution in [0.2, 0.25) is 0 Å². The fourth-order valence-electron chi connectivity index (χ4n) is 6.71. The molecule has 0 aliphatic heterocycles. The van der Waals surface area contributed by atoms with Gasteiger partial charge in [-0.05, 0) is 91.6 Å². The van der Waals surface area contributed by atoms with E-state index in [0.717, 1.165) is 67.0 Å². The molecule has 0 amide bonds. The number of hydrogen-bond acceptors (Lipinski definition) is 2. The zero-order valence-electron chi connectivity index (χ0n) is 26.1. The first kappa shape index (κ1) is 27.7. The third-order valence-corrected chi connectivity index (χ3v) is 8.85. The van der Waals surface area contributed by atoms with Crippen LogP contribution in [0.3, 0.4) is 0 Å². The molecule has 0 aliphatic rings. The molecule has 0 spiro atoms. The van der Waals surface area contributed by atoms with Crippen LogP contribution in [0.5, 0.6) is 0 Å². The normalized spacial score (nSPS) is 12.1. The predicted octanol–water partition coefficient (Wildman–Crippen LogP) is 12.3. The van der Waals surface area contributed by atoms with Crippen molar-refractivity contribution in [2.75, 3.05) is 0 Å². The number of nitrogens with zero attached hydrogens (tertiary/aromatic N) is 1. The summed E-state index contributed by atoms with van der Waals surface area (Å²) in [6, 6.07) is 43.0. The Bertz CT molecular complexity index is 2430. The van der Waals surface area contributed by atoms with Crippen LogP contribution in [0, 0.1) is 13.8 Å². The molecule has 0 N–H and O–H groups in total. The van der Waals surface area contributed by atoms with Crippen LogP contribution in [-0.2, 0) is 0 Å². The number of hydrogen-bond donors (Lipinski definition) is 0. The summed E-state index contributed by atoms with van der Waals surface area (Å²) in [7, 11) is 0. The molecule has 46 heavy (non-hydrogen) atoms. The SMILES string of the molecule is C/C=C\C=C/c1cc2ccccc2n1-c1ccc2oc(C)c(-c3c(C)oc4ccc(-c5ccc(-c6ccccc6)cc5)cc34)c2c1. The number of rotatable bonds is 6. The largest absolute Gasteiger partial charge is 0.461 e. The van der Waals surface area contributed by atoms with Crippen molar-refractivity contribution in [2.45, 2.75) is 20.8 Å². The molecule has 0 saturated heterocycles. The molecule has 3 aromatic heterocycles. The maximum Gasteiger partial charge on any atom is 0.135 e. The fraction of sp³-hybridized carbons (Fsp3) is 0.0698. The van der Waals surface area contributed by atoms with Crippen molar-refractivity contribution in [1.82, 2.24) is 4.57 Å². The van der Waals surface area contributed by atoms with E-state index in [2.05, 4.69) is 152 Å². The van der Waals surface area contributed by atoms with Gasteiger partial charge in [-0.1, -0.05) is 97.1 Å². The van der Waals surface area contributed by atoms with Crippen molar-refractivity contribution >= 4 is 38.9 Å². The van der Waals surface area contributed by atoms with E-state index >= 15 is 0 Å². The van der Waals surface area contributed by atoms with Crippen LogP contribution < -0.4 is 0 Å². The molecule has 0 fully saturated rings. The van der Waals surface area contributed by atoms with E-state index in [1.807, 2.05) is 19.1 Å². The molecule has 3 heteroatoms. The number of fused-ring (bicyclic) bond motifs is 3. The molecule has 8 rings (SSSR count). The summed E-state index contributed by atoms with van der Waals surface area (Å²) < 4.78 is 15.1. The quantitative estimate of drug-likeness (QED) is 0.179. The van der Waals surface area contributed by atoms with Crippen LogP contribution in [0.25, 0.3) is 78.0 Å². The lowest BCUT2D eigenvalue weighted by atomic mass is 9.95. The van der Waals surface area contributed by atoms with E-state index in [1.54, 1.807) is 0 Å². The van der Waals surface area contributed by atoms with E-state index in [1.165, 1.54) is 22.1 Å². The van der Waals surface area contributed by atoms with E-state index in [4.69, 9.17) is 8.83 Å². The van der Waals surface area contributed by atoms with E-state index in [-0.39, 0.29) is 0 Å². The zero-order valence-corrected chi connectivity index (χ0v) is 26.1. The standard InChI is InChI=1S/C43H33NO2/c1-4-5-7-15-35-25-34-14-10-11-16-39(34)44(35)36-22-24-41-38(27-36)43(29(3)46-41)42-28(2)45-40-23-21-33(26-37(40)42)32-19-17-31(18-20-32)30-12-8-6-9-13-30/h4-27H,1-3H3/b5-4-,15-7-. The van der Waals surface area contributed by atoms with Gasteiger partial charge in [-0.3, -0.25) is 0 Å². The number of aryl methyl sites for hydroxylation is 2. The molecule has 0 atom stereocenters. The Morgan fingerprint density at radius 3 is 1.85 bits per heavy atom. The first-order valence-electron chi connectivity index (χ1n) is 15.7. The van der Waals surface area contributed by atoms with Crippen LogP contribution in [-0.4, -0.2) is 4.57 Å². The van der Waals surface area contributed by atoms with Crippen LogP contribution in [0.15, 0.2) is 148 Å². The molecule has 0 bridgehead atoms. The van der Waals surface area contributed by atoms with E-state index in [0.29, 0.717) is 0 Å². The van der Waals surface area contributed by atoms with E-state index in [9.17, 15) is 0 Å². The van der Waals surface area contributed by atoms with Gasteiger partial charge in [0, 0.05) is 38.7 Å². The van der Waals surface area contributed by atoms with Crippen molar-refractivity contribution in [3.8, 4) is 39.1 Å². The Morgan fingerprint density at radius 2 is 1.13 bits per heavy atom. The second kappa shape index (κ2) is 11.3. The molecule has 0 saturated carbocycles. The summed E-state index contributed by atoms with van der Waals surface area (Å²) in [4.78, 5) is 0. The highest BCUT2D eigenvalue weighted by Gasteiger charge is 2.22. The highest BCUT2D eigenvalue weighted by atomic mass is 16.3. The van der Waals surface area contributed by atoms with Crippen LogP contribution >= 0.6 is 0 Å². The van der Waals surface area contributed by atoms with Gasteiger partial charge in [-0.2, -0.15) is 0 Å². The number of furan rings is 2.